The Balaban J connectivity index is 1.97. The zero-order valence-corrected chi connectivity index (χ0v) is 10.7. The summed E-state index contributed by atoms with van der Waals surface area (Å²) in [6.07, 6.45) is 1.77. The number of aryl methyl sites for hydroxylation is 3. The lowest BCUT2D eigenvalue weighted by molar-refractivity contribution is 0.614. The Hall–Kier alpha value is -1.69. The second-order valence-corrected chi connectivity index (χ2v) is 4.23. The second kappa shape index (κ2) is 4.67. The van der Waals surface area contributed by atoms with Crippen LogP contribution in [0.1, 0.15) is 22.6 Å². The highest BCUT2D eigenvalue weighted by atomic mass is 15.4. The van der Waals surface area contributed by atoms with E-state index in [0.717, 1.165) is 24.5 Å². The first-order valence-electron chi connectivity index (χ1n) is 5.63. The molecule has 0 radical (unpaired) electrons. The van der Waals surface area contributed by atoms with Crippen LogP contribution in [0.25, 0.3) is 0 Å². The monoisotopic (exact) mass is 234 g/mol. The summed E-state index contributed by atoms with van der Waals surface area (Å²) < 4.78 is 3.69. The summed E-state index contributed by atoms with van der Waals surface area (Å²) in [4.78, 5) is 0. The molecule has 0 aliphatic heterocycles. The minimum absolute atomic E-state index is 0.761. The molecule has 2 rings (SSSR count). The summed E-state index contributed by atoms with van der Waals surface area (Å²) >= 11 is 0. The van der Waals surface area contributed by atoms with Crippen molar-refractivity contribution in [3.05, 3.63) is 28.8 Å². The van der Waals surface area contributed by atoms with Gasteiger partial charge in [-0.2, -0.15) is 5.10 Å². The fraction of sp³-hybridized carbons (Fsp3) is 0.545. The van der Waals surface area contributed by atoms with Gasteiger partial charge in [0.1, 0.15) is 0 Å². The topological polar surface area (TPSA) is 60.6 Å². The van der Waals surface area contributed by atoms with Crippen LogP contribution in [0.4, 0.5) is 0 Å². The van der Waals surface area contributed by atoms with E-state index in [1.54, 1.807) is 10.9 Å². The van der Waals surface area contributed by atoms with Gasteiger partial charge in [0.15, 0.2) is 0 Å². The third-order valence-electron chi connectivity index (χ3n) is 3.07. The molecule has 92 valence electrons. The van der Waals surface area contributed by atoms with Crippen LogP contribution in [-0.4, -0.2) is 24.8 Å². The number of aromatic nitrogens is 5. The normalized spacial score (nSPS) is 11.1. The molecule has 2 heterocycles. The van der Waals surface area contributed by atoms with Gasteiger partial charge in [0.2, 0.25) is 0 Å². The Labute approximate surface area is 101 Å². The number of nitrogens with zero attached hydrogens (tertiary/aromatic N) is 5. The highest BCUT2D eigenvalue weighted by Crippen LogP contribution is 2.11. The zero-order chi connectivity index (χ0) is 12.4. The smallest absolute Gasteiger partial charge is 0.0738 e. The van der Waals surface area contributed by atoms with E-state index >= 15 is 0 Å². The summed E-state index contributed by atoms with van der Waals surface area (Å²) in [7, 11) is 3.86. The maximum absolute atomic E-state index is 4.39. The van der Waals surface area contributed by atoms with Crippen LogP contribution < -0.4 is 5.32 Å². The van der Waals surface area contributed by atoms with Crippen LogP contribution in [0.5, 0.6) is 0 Å². The molecule has 1 N–H and O–H groups in total. The molecule has 0 atom stereocenters. The Bertz CT molecular complexity index is 510. The Morgan fingerprint density at radius 3 is 2.47 bits per heavy atom. The highest BCUT2D eigenvalue weighted by molar-refractivity contribution is 5.24. The average molecular weight is 234 g/mol. The van der Waals surface area contributed by atoms with Crippen LogP contribution in [-0.2, 0) is 27.2 Å². The third-order valence-corrected chi connectivity index (χ3v) is 3.07. The first-order valence-corrected chi connectivity index (χ1v) is 5.63. The molecule has 6 heteroatoms. The highest BCUT2D eigenvalue weighted by Gasteiger charge is 2.08. The Morgan fingerprint density at radius 1 is 1.18 bits per heavy atom. The molecule has 17 heavy (non-hydrogen) atoms. The number of nitrogens with one attached hydrogen (secondary N) is 1. The Kier molecular flexibility index (Phi) is 3.23. The van der Waals surface area contributed by atoms with Gasteiger partial charge in [-0.05, 0) is 13.8 Å². The van der Waals surface area contributed by atoms with Crippen molar-refractivity contribution in [2.24, 2.45) is 14.1 Å². The lowest BCUT2D eigenvalue weighted by Gasteiger charge is -2.05. The van der Waals surface area contributed by atoms with Gasteiger partial charge in [0.25, 0.3) is 0 Å². The molecule has 0 saturated heterocycles. The molecule has 0 saturated carbocycles. The van der Waals surface area contributed by atoms with Crippen molar-refractivity contribution in [2.45, 2.75) is 26.9 Å². The SMILES string of the molecule is Cc1nn(C)c(C)c1CNCc1cnnn1C. The molecular formula is C11H18N6. The molecular weight excluding hydrogens is 216 g/mol. The van der Waals surface area contributed by atoms with Gasteiger partial charge in [-0.1, -0.05) is 5.21 Å². The molecule has 0 aromatic carbocycles. The van der Waals surface area contributed by atoms with E-state index in [-0.39, 0.29) is 0 Å². The maximum Gasteiger partial charge on any atom is 0.0738 e. The number of hydrogen-bond acceptors (Lipinski definition) is 4. The average Bonchev–Trinajstić information content (AvgIpc) is 2.78. The van der Waals surface area contributed by atoms with E-state index < -0.39 is 0 Å². The number of rotatable bonds is 4. The van der Waals surface area contributed by atoms with Crippen LogP contribution in [0.3, 0.4) is 0 Å². The fourth-order valence-corrected chi connectivity index (χ4v) is 1.86. The summed E-state index contributed by atoms with van der Waals surface area (Å²) in [5, 5.41) is 15.5. The van der Waals surface area contributed by atoms with Crippen LogP contribution in [0.2, 0.25) is 0 Å². The van der Waals surface area contributed by atoms with Crippen LogP contribution >= 0.6 is 0 Å². The van der Waals surface area contributed by atoms with Gasteiger partial charge in [-0.15, -0.1) is 5.10 Å². The van der Waals surface area contributed by atoms with E-state index in [2.05, 4.69) is 27.7 Å². The van der Waals surface area contributed by atoms with Gasteiger partial charge in [0, 0.05) is 38.4 Å². The van der Waals surface area contributed by atoms with Gasteiger partial charge in [0.05, 0.1) is 17.6 Å². The van der Waals surface area contributed by atoms with E-state index in [9.17, 15) is 0 Å². The van der Waals surface area contributed by atoms with E-state index in [1.807, 2.05) is 25.7 Å². The van der Waals surface area contributed by atoms with Crippen molar-refractivity contribution >= 4 is 0 Å². The quantitative estimate of drug-likeness (QED) is 0.834. The number of hydrogen-bond donors (Lipinski definition) is 1. The minimum atomic E-state index is 0.761. The third kappa shape index (κ3) is 2.36. The molecule has 0 unspecified atom stereocenters. The molecule has 0 amide bonds. The molecule has 6 nitrogen and oxygen atoms in total. The van der Waals surface area contributed by atoms with E-state index in [1.165, 1.54) is 11.3 Å². The van der Waals surface area contributed by atoms with Crippen molar-refractivity contribution < 1.29 is 0 Å². The predicted molar refractivity (Wildman–Crippen MR) is 64.2 cm³/mol. The largest absolute Gasteiger partial charge is 0.307 e. The summed E-state index contributed by atoms with van der Waals surface area (Å²) in [6.45, 7) is 5.70. The van der Waals surface area contributed by atoms with Crippen LogP contribution in [0, 0.1) is 13.8 Å². The van der Waals surface area contributed by atoms with E-state index in [4.69, 9.17) is 0 Å². The molecule has 2 aromatic rings. The molecule has 2 aromatic heterocycles. The van der Waals surface area contributed by atoms with Gasteiger partial charge >= 0.3 is 0 Å². The second-order valence-electron chi connectivity index (χ2n) is 4.23. The van der Waals surface area contributed by atoms with Crippen LogP contribution in [0.15, 0.2) is 6.20 Å². The first kappa shape index (κ1) is 11.8. The summed E-state index contributed by atoms with van der Waals surface area (Å²) in [5.41, 5.74) is 4.63. The minimum Gasteiger partial charge on any atom is -0.307 e. The first-order chi connectivity index (χ1) is 8.09. The summed E-state index contributed by atoms with van der Waals surface area (Å²) in [6, 6.07) is 0. The molecule has 0 fully saturated rings. The zero-order valence-electron chi connectivity index (χ0n) is 10.7. The predicted octanol–water partition coefficient (Wildman–Crippen LogP) is 0.455. The summed E-state index contributed by atoms with van der Waals surface area (Å²) in [5.74, 6) is 0. The molecule has 0 bridgehead atoms. The van der Waals surface area contributed by atoms with Gasteiger partial charge in [-0.25, -0.2) is 0 Å². The van der Waals surface area contributed by atoms with Crippen molar-refractivity contribution in [1.82, 2.24) is 30.1 Å². The van der Waals surface area contributed by atoms with Crippen molar-refractivity contribution in [1.29, 1.82) is 0 Å². The molecule has 0 spiro atoms. The standard InChI is InChI=1S/C11H18N6/c1-8-11(9(2)16(3)14-8)7-12-5-10-6-13-15-17(10)4/h6,12H,5,7H2,1-4H3. The molecule has 0 aliphatic carbocycles. The van der Waals surface area contributed by atoms with Crippen molar-refractivity contribution in [3.63, 3.8) is 0 Å². The van der Waals surface area contributed by atoms with Gasteiger partial charge in [-0.3, -0.25) is 9.36 Å². The lowest BCUT2D eigenvalue weighted by atomic mass is 10.2. The van der Waals surface area contributed by atoms with Crippen molar-refractivity contribution in [3.8, 4) is 0 Å². The molecule has 0 aliphatic rings. The fourth-order valence-electron chi connectivity index (χ4n) is 1.86. The Morgan fingerprint density at radius 2 is 1.94 bits per heavy atom. The van der Waals surface area contributed by atoms with Crippen molar-refractivity contribution in [2.75, 3.05) is 0 Å². The lowest BCUT2D eigenvalue weighted by Crippen LogP contribution is -2.16. The maximum atomic E-state index is 4.39. The van der Waals surface area contributed by atoms with Gasteiger partial charge < -0.3 is 5.32 Å². The van der Waals surface area contributed by atoms with E-state index in [0.29, 0.717) is 0 Å².